The van der Waals surface area contributed by atoms with Gasteiger partial charge in [-0.2, -0.15) is 15.6 Å². The van der Waals surface area contributed by atoms with Gasteiger partial charge in [-0.25, -0.2) is 9.37 Å². The number of H-pyrrole nitrogens is 1. The number of hydrogen-bond donors (Lipinski definition) is 1. The van der Waals surface area contributed by atoms with Gasteiger partial charge in [0.2, 0.25) is 5.89 Å². The highest BCUT2D eigenvalue weighted by Crippen LogP contribution is 2.31. The lowest BCUT2D eigenvalue weighted by Gasteiger charge is -1.97. The van der Waals surface area contributed by atoms with Crippen molar-refractivity contribution in [1.29, 1.82) is 5.26 Å². The molecule has 0 amide bonds. The summed E-state index contributed by atoms with van der Waals surface area (Å²) in [4.78, 5) is 4.35. The molecule has 0 unspecified atom stereocenters. The van der Waals surface area contributed by atoms with Crippen molar-refractivity contribution >= 4 is 11.6 Å². The molecule has 0 atom stereocenters. The Labute approximate surface area is 129 Å². The minimum Gasteiger partial charge on any atom is -0.440 e. The van der Waals surface area contributed by atoms with Gasteiger partial charge in [-0.3, -0.25) is 0 Å². The molecule has 8 heteroatoms. The smallest absolute Gasteiger partial charge is 0.226 e. The van der Waals surface area contributed by atoms with Crippen LogP contribution < -0.4 is 0 Å². The molecule has 0 aliphatic carbocycles. The Balaban J connectivity index is 2.13. The van der Waals surface area contributed by atoms with Gasteiger partial charge in [-0.15, -0.1) is 5.10 Å². The van der Waals surface area contributed by atoms with E-state index < -0.39 is 5.82 Å². The Bertz CT molecular complexity index is 880. The fourth-order valence-corrected chi connectivity index (χ4v) is 2.18. The van der Waals surface area contributed by atoms with Crippen molar-refractivity contribution in [2.24, 2.45) is 0 Å². The molecule has 3 aromatic rings. The second-order valence-electron chi connectivity index (χ2n) is 4.41. The zero-order valence-corrected chi connectivity index (χ0v) is 12.1. The lowest BCUT2D eigenvalue weighted by atomic mass is 10.2. The number of aromatic amines is 1. The summed E-state index contributed by atoms with van der Waals surface area (Å²) in [6.45, 7) is 1.89. The van der Waals surface area contributed by atoms with Crippen LogP contribution in [-0.4, -0.2) is 20.4 Å². The Hall–Kier alpha value is -2.72. The van der Waals surface area contributed by atoms with Crippen LogP contribution in [-0.2, 0) is 6.42 Å². The monoisotopic (exact) mass is 317 g/mol. The molecule has 110 valence electrons. The molecule has 0 aliphatic heterocycles. The molecule has 0 bridgehead atoms. The van der Waals surface area contributed by atoms with E-state index >= 15 is 0 Å². The fourth-order valence-electron chi connectivity index (χ4n) is 2.00. The first-order chi connectivity index (χ1) is 10.6. The number of halogens is 2. The van der Waals surface area contributed by atoms with Crippen LogP contribution in [0.2, 0.25) is 5.02 Å². The van der Waals surface area contributed by atoms with E-state index in [4.69, 9.17) is 21.3 Å². The molecule has 0 saturated heterocycles. The summed E-state index contributed by atoms with van der Waals surface area (Å²) in [6, 6.07) is 6.12. The van der Waals surface area contributed by atoms with Gasteiger partial charge >= 0.3 is 0 Å². The van der Waals surface area contributed by atoms with Crippen LogP contribution in [0.3, 0.4) is 0 Å². The van der Waals surface area contributed by atoms with Crippen molar-refractivity contribution in [3.8, 4) is 28.9 Å². The Morgan fingerprint density at radius 1 is 1.36 bits per heavy atom. The van der Waals surface area contributed by atoms with Crippen LogP contribution >= 0.6 is 11.6 Å². The van der Waals surface area contributed by atoms with Crippen LogP contribution in [0.5, 0.6) is 0 Å². The summed E-state index contributed by atoms with van der Waals surface area (Å²) in [5, 5.41) is 19.1. The van der Waals surface area contributed by atoms with Crippen LogP contribution in [0, 0.1) is 17.1 Å². The van der Waals surface area contributed by atoms with Crippen molar-refractivity contribution in [1.82, 2.24) is 20.4 Å². The molecule has 0 spiro atoms. The van der Waals surface area contributed by atoms with E-state index in [1.165, 1.54) is 18.2 Å². The van der Waals surface area contributed by atoms with E-state index in [1.54, 1.807) is 0 Å². The van der Waals surface area contributed by atoms with Gasteiger partial charge in [0.15, 0.2) is 11.4 Å². The maximum absolute atomic E-state index is 13.2. The lowest BCUT2D eigenvalue weighted by molar-refractivity contribution is 0.525. The number of nitrogens with one attached hydrogen (secondary N) is 1. The van der Waals surface area contributed by atoms with Gasteiger partial charge in [-0.05, 0) is 18.2 Å². The number of rotatable bonds is 3. The highest BCUT2D eigenvalue weighted by molar-refractivity contribution is 6.31. The predicted molar refractivity (Wildman–Crippen MR) is 76.4 cm³/mol. The topological polar surface area (TPSA) is 91.4 Å². The molecule has 1 aromatic carbocycles. The molecule has 2 heterocycles. The quantitative estimate of drug-likeness (QED) is 0.799. The maximum atomic E-state index is 13.2. The highest BCUT2D eigenvalue weighted by atomic mass is 35.5. The predicted octanol–water partition coefficient (Wildman–Crippen LogP) is 3.35. The molecule has 6 nitrogen and oxygen atoms in total. The summed E-state index contributed by atoms with van der Waals surface area (Å²) < 4.78 is 18.9. The van der Waals surface area contributed by atoms with E-state index in [0.717, 1.165) is 0 Å². The third-order valence-electron chi connectivity index (χ3n) is 3.06. The molecular formula is C14H9ClFN5O. The Kier molecular flexibility index (Phi) is 3.61. The standard InChI is InChI=1S/C14H9ClFN5O/c1-2-11-13(12-10(6-17)19-21-20-12)18-14(22-11)7-3-4-9(16)8(15)5-7/h3-5H,2H2,1H3,(H,19,20,21). The van der Waals surface area contributed by atoms with E-state index in [0.29, 0.717) is 29.1 Å². The third kappa shape index (κ3) is 2.34. The zero-order chi connectivity index (χ0) is 15.7. The first kappa shape index (κ1) is 14.2. The number of nitrogens with zero attached hydrogens (tertiary/aromatic N) is 4. The largest absolute Gasteiger partial charge is 0.440 e. The van der Waals surface area contributed by atoms with Gasteiger partial charge < -0.3 is 4.42 Å². The molecule has 0 saturated carbocycles. The van der Waals surface area contributed by atoms with E-state index in [1.807, 2.05) is 13.0 Å². The number of hydrogen-bond acceptors (Lipinski definition) is 5. The van der Waals surface area contributed by atoms with Crippen LogP contribution in [0.1, 0.15) is 18.4 Å². The number of aromatic nitrogens is 4. The van der Waals surface area contributed by atoms with E-state index in [9.17, 15) is 4.39 Å². The Morgan fingerprint density at radius 3 is 2.86 bits per heavy atom. The Morgan fingerprint density at radius 2 is 2.18 bits per heavy atom. The second kappa shape index (κ2) is 5.58. The number of aryl methyl sites for hydroxylation is 1. The van der Waals surface area contributed by atoms with Crippen molar-refractivity contribution in [2.45, 2.75) is 13.3 Å². The minimum atomic E-state index is -0.517. The van der Waals surface area contributed by atoms with Gasteiger partial charge in [0.05, 0.1) is 5.02 Å². The molecule has 1 N–H and O–H groups in total. The van der Waals surface area contributed by atoms with Gasteiger partial charge in [-0.1, -0.05) is 18.5 Å². The SMILES string of the molecule is CCc1oc(-c2ccc(F)c(Cl)c2)nc1-c1n[nH]nc1C#N. The first-order valence-electron chi connectivity index (χ1n) is 6.40. The molecule has 0 radical (unpaired) electrons. The summed E-state index contributed by atoms with van der Waals surface area (Å²) in [5.41, 5.74) is 1.42. The molecule has 0 aliphatic rings. The normalized spacial score (nSPS) is 10.6. The summed E-state index contributed by atoms with van der Waals surface area (Å²) in [5.74, 6) is 0.317. The van der Waals surface area contributed by atoms with Crippen LogP contribution in [0.15, 0.2) is 22.6 Å². The number of oxazole rings is 1. The summed E-state index contributed by atoms with van der Waals surface area (Å²) in [7, 11) is 0. The van der Waals surface area contributed by atoms with Gasteiger partial charge in [0, 0.05) is 12.0 Å². The maximum Gasteiger partial charge on any atom is 0.226 e. The van der Waals surface area contributed by atoms with E-state index in [2.05, 4.69) is 20.4 Å². The number of nitriles is 1. The van der Waals surface area contributed by atoms with Crippen LogP contribution in [0.4, 0.5) is 4.39 Å². The molecule has 22 heavy (non-hydrogen) atoms. The van der Waals surface area contributed by atoms with E-state index in [-0.39, 0.29) is 16.6 Å². The van der Waals surface area contributed by atoms with Crippen molar-refractivity contribution in [3.63, 3.8) is 0 Å². The highest BCUT2D eigenvalue weighted by Gasteiger charge is 2.21. The van der Waals surface area contributed by atoms with Crippen molar-refractivity contribution < 1.29 is 8.81 Å². The fraction of sp³-hybridized carbons (Fsp3) is 0.143. The molecule has 2 aromatic heterocycles. The van der Waals surface area contributed by atoms with Gasteiger partial charge in [0.25, 0.3) is 0 Å². The zero-order valence-electron chi connectivity index (χ0n) is 11.4. The molecular weight excluding hydrogens is 309 g/mol. The second-order valence-corrected chi connectivity index (χ2v) is 4.81. The molecule has 3 rings (SSSR count). The number of benzene rings is 1. The first-order valence-corrected chi connectivity index (χ1v) is 6.78. The minimum absolute atomic E-state index is 0.0190. The summed E-state index contributed by atoms with van der Waals surface area (Å²) in [6.07, 6.45) is 0.551. The lowest BCUT2D eigenvalue weighted by Crippen LogP contribution is -1.88. The average Bonchev–Trinajstić information content (AvgIpc) is 3.15. The average molecular weight is 318 g/mol. The van der Waals surface area contributed by atoms with Gasteiger partial charge in [0.1, 0.15) is 23.3 Å². The third-order valence-corrected chi connectivity index (χ3v) is 3.35. The molecule has 0 fully saturated rings. The van der Waals surface area contributed by atoms with Crippen LogP contribution in [0.25, 0.3) is 22.8 Å². The van der Waals surface area contributed by atoms with Crippen molar-refractivity contribution in [2.75, 3.05) is 0 Å². The summed E-state index contributed by atoms with van der Waals surface area (Å²) >= 11 is 5.78. The van der Waals surface area contributed by atoms with Crippen molar-refractivity contribution in [3.05, 3.63) is 40.5 Å².